The van der Waals surface area contributed by atoms with Crippen LogP contribution in [0.15, 0.2) is 24.3 Å². The summed E-state index contributed by atoms with van der Waals surface area (Å²) in [5, 5.41) is 0. The number of alkyl halides is 1. The normalized spacial score (nSPS) is 11.4. The Morgan fingerprint density at radius 3 is 2.46 bits per heavy atom. The van der Waals surface area contributed by atoms with E-state index in [2.05, 4.69) is 0 Å². The molecule has 1 aromatic rings. The first-order valence-corrected chi connectivity index (χ1v) is 4.47. The number of hydrogen-bond donors (Lipinski definition) is 0. The van der Waals surface area contributed by atoms with Gasteiger partial charge in [-0.1, -0.05) is 18.2 Å². The average Bonchev–Trinajstić information content (AvgIpc) is 2.04. The molecule has 0 amide bonds. The van der Waals surface area contributed by atoms with E-state index in [4.69, 9.17) is 4.74 Å². The lowest BCUT2D eigenvalue weighted by Crippen LogP contribution is -2.11. The molecule has 0 atom stereocenters. The fraction of sp³-hybridized carbons (Fsp3) is 0.455. The molecule has 0 aliphatic rings. The molecule has 0 spiro atoms. The van der Waals surface area contributed by atoms with Gasteiger partial charge in [0, 0.05) is 5.56 Å². The van der Waals surface area contributed by atoms with E-state index >= 15 is 0 Å². The minimum atomic E-state index is -1.34. The van der Waals surface area contributed by atoms with Gasteiger partial charge in [0.2, 0.25) is 0 Å². The van der Waals surface area contributed by atoms with Crippen molar-refractivity contribution in [1.29, 1.82) is 0 Å². The van der Waals surface area contributed by atoms with E-state index in [0.29, 0.717) is 17.9 Å². The van der Waals surface area contributed by atoms with Crippen LogP contribution in [0.4, 0.5) is 4.39 Å². The zero-order valence-electron chi connectivity index (χ0n) is 8.30. The molecule has 0 saturated heterocycles. The Bertz CT molecular complexity index is 276. The summed E-state index contributed by atoms with van der Waals surface area (Å²) >= 11 is 0. The molecule has 0 unspecified atom stereocenters. The molecule has 72 valence electrons. The van der Waals surface area contributed by atoms with Crippen molar-refractivity contribution in [1.82, 2.24) is 0 Å². The van der Waals surface area contributed by atoms with Gasteiger partial charge in [0.1, 0.15) is 11.4 Å². The van der Waals surface area contributed by atoms with Crippen LogP contribution >= 0.6 is 0 Å². The van der Waals surface area contributed by atoms with Gasteiger partial charge in [-0.25, -0.2) is 4.39 Å². The number of halogens is 1. The van der Waals surface area contributed by atoms with Crippen molar-refractivity contribution in [2.75, 3.05) is 6.61 Å². The molecule has 0 fully saturated rings. The monoisotopic (exact) mass is 182 g/mol. The smallest absolute Gasteiger partial charge is 0.134 e. The summed E-state index contributed by atoms with van der Waals surface area (Å²) in [5.41, 5.74) is -0.733. The quantitative estimate of drug-likeness (QED) is 0.697. The second-order valence-electron chi connectivity index (χ2n) is 3.40. The van der Waals surface area contributed by atoms with E-state index < -0.39 is 5.67 Å². The summed E-state index contributed by atoms with van der Waals surface area (Å²) < 4.78 is 18.9. The van der Waals surface area contributed by atoms with Crippen LogP contribution in [0.2, 0.25) is 0 Å². The molecule has 0 bridgehead atoms. The van der Waals surface area contributed by atoms with Gasteiger partial charge in [0.25, 0.3) is 0 Å². The Balaban J connectivity index is 3.05. The number of ether oxygens (including phenoxy) is 1. The lowest BCUT2D eigenvalue weighted by molar-refractivity contribution is 0.210. The molecular formula is C11H15FO. The average molecular weight is 182 g/mol. The lowest BCUT2D eigenvalue weighted by atomic mass is 9.99. The van der Waals surface area contributed by atoms with Crippen LogP contribution in [-0.2, 0) is 5.67 Å². The molecule has 0 N–H and O–H groups in total. The molecule has 1 nitrogen and oxygen atoms in total. The van der Waals surface area contributed by atoms with Crippen molar-refractivity contribution in [3.05, 3.63) is 29.8 Å². The van der Waals surface area contributed by atoms with Crippen molar-refractivity contribution in [3.63, 3.8) is 0 Å². The predicted molar refractivity (Wildman–Crippen MR) is 51.7 cm³/mol. The molecule has 0 aromatic heterocycles. The third kappa shape index (κ3) is 2.44. The molecule has 0 saturated carbocycles. The highest BCUT2D eigenvalue weighted by Crippen LogP contribution is 2.32. The summed E-state index contributed by atoms with van der Waals surface area (Å²) in [6.45, 7) is 5.52. The van der Waals surface area contributed by atoms with E-state index in [1.165, 1.54) is 13.8 Å². The Morgan fingerprint density at radius 1 is 1.31 bits per heavy atom. The summed E-state index contributed by atoms with van der Waals surface area (Å²) in [5.74, 6) is 0.637. The topological polar surface area (TPSA) is 9.23 Å². The van der Waals surface area contributed by atoms with E-state index in [-0.39, 0.29) is 0 Å². The van der Waals surface area contributed by atoms with Crippen LogP contribution in [0, 0.1) is 0 Å². The second kappa shape index (κ2) is 3.77. The molecule has 0 radical (unpaired) electrons. The van der Waals surface area contributed by atoms with Crippen molar-refractivity contribution in [2.24, 2.45) is 0 Å². The largest absolute Gasteiger partial charge is 0.493 e. The molecule has 0 heterocycles. The van der Waals surface area contributed by atoms with Gasteiger partial charge < -0.3 is 4.74 Å². The first-order chi connectivity index (χ1) is 6.05. The molecule has 13 heavy (non-hydrogen) atoms. The van der Waals surface area contributed by atoms with Crippen LogP contribution in [0.5, 0.6) is 5.75 Å². The van der Waals surface area contributed by atoms with Crippen molar-refractivity contribution >= 4 is 0 Å². The summed E-state index contributed by atoms with van der Waals surface area (Å²) in [7, 11) is 0. The van der Waals surface area contributed by atoms with Gasteiger partial charge in [-0.3, -0.25) is 0 Å². The predicted octanol–water partition coefficient (Wildman–Crippen LogP) is 3.29. The highest BCUT2D eigenvalue weighted by atomic mass is 19.1. The van der Waals surface area contributed by atoms with Crippen LogP contribution < -0.4 is 4.74 Å². The zero-order chi connectivity index (χ0) is 9.90. The first kappa shape index (κ1) is 10.0. The van der Waals surface area contributed by atoms with Crippen LogP contribution in [-0.4, -0.2) is 6.61 Å². The third-order valence-electron chi connectivity index (χ3n) is 1.83. The number of benzene rings is 1. The van der Waals surface area contributed by atoms with Crippen LogP contribution in [0.3, 0.4) is 0 Å². The van der Waals surface area contributed by atoms with Crippen molar-refractivity contribution in [3.8, 4) is 5.75 Å². The van der Waals surface area contributed by atoms with Crippen LogP contribution in [0.1, 0.15) is 26.3 Å². The summed E-state index contributed by atoms with van der Waals surface area (Å²) in [6.07, 6.45) is 0. The van der Waals surface area contributed by atoms with E-state index in [0.717, 1.165) is 0 Å². The SMILES string of the molecule is CCOc1ccccc1C(C)(C)F. The highest BCUT2D eigenvalue weighted by molar-refractivity contribution is 5.37. The maximum Gasteiger partial charge on any atom is 0.134 e. The fourth-order valence-electron chi connectivity index (χ4n) is 1.24. The van der Waals surface area contributed by atoms with E-state index in [1.807, 2.05) is 19.1 Å². The Labute approximate surface area is 78.5 Å². The maximum atomic E-state index is 13.6. The van der Waals surface area contributed by atoms with Gasteiger partial charge in [0.05, 0.1) is 6.61 Å². The minimum absolute atomic E-state index is 0.563. The fourth-order valence-corrected chi connectivity index (χ4v) is 1.24. The van der Waals surface area contributed by atoms with Gasteiger partial charge in [-0.2, -0.15) is 0 Å². The third-order valence-corrected chi connectivity index (χ3v) is 1.83. The van der Waals surface area contributed by atoms with E-state index in [1.54, 1.807) is 12.1 Å². The molecule has 1 rings (SSSR count). The Kier molecular flexibility index (Phi) is 2.91. The van der Waals surface area contributed by atoms with Gasteiger partial charge in [0.15, 0.2) is 0 Å². The van der Waals surface area contributed by atoms with Gasteiger partial charge >= 0.3 is 0 Å². The van der Waals surface area contributed by atoms with Crippen molar-refractivity contribution < 1.29 is 9.13 Å². The number of rotatable bonds is 3. The summed E-state index contributed by atoms with van der Waals surface area (Å²) in [6, 6.07) is 7.21. The zero-order valence-corrected chi connectivity index (χ0v) is 8.30. The lowest BCUT2D eigenvalue weighted by Gasteiger charge is -2.18. The maximum absolute atomic E-state index is 13.6. The Hall–Kier alpha value is -1.05. The van der Waals surface area contributed by atoms with E-state index in [9.17, 15) is 4.39 Å². The molecule has 0 aliphatic carbocycles. The van der Waals surface area contributed by atoms with Crippen LogP contribution in [0.25, 0.3) is 0 Å². The molecule has 2 heteroatoms. The van der Waals surface area contributed by atoms with Gasteiger partial charge in [-0.15, -0.1) is 0 Å². The molecular weight excluding hydrogens is 167 g/mol. The Morgan fingerprint density at radius 2 is 1.92 bits per heavy atom. The second-order valence-corrected chi connectivity index (χ2v) is 3.40. The number of hydrogen-bond acceptors (Lipinski definition) is 1. The first-order valence-electron chi connectivity index (χ1n) is 4.47. The van der Waals surface area contributed by atoms with Crippen molar-refractivity contribution in [2.45, 2.75) is 26.4 Å². The number of para-hydroxylation sites is 1. The standard InChI is InChI=1S/C11H15FO/c1-4-13-10-8-6-5-7-9(10)11(2,3)12/h5-8H,4H2,1-3H3. The van der Waals surface area contributed by atoms with Gasteiger partial charge in [-0.05, 0) is 26.8 Å². The summed E-state index contributed by atoms with van der Waals surface area (Å²) in [4.78, 5) is 0. The minimum Gasteiger partial charge on any atom is -0.493 e. The molecule has 1 aromatic carbocycles. The molecule has 0 aliphatic heterocycles. The highest BCUT2D eigenvalue weighted by Gasteiger charge is 2.22.